The monoisotopic (exact) mass is 320 g/mol. The van der Waals surface area contributed by atoms with Gasteiger partial charge in [-0.2, -0.15) is 0 Å². The summed E-state index contributed by atoms with van der Waals surface area (Å²) in [7, 11) is 0. The number of nitrogens with zero attached hydrogens (tertiary/aromatic N) is 2. The quantitative estimate of drug-likeness (QED) is 0.710. The Hall–Kier alpha value is -1.70. The van der Waals surface area contributed by atoms with Crippen molar-refractivity contribution in [2.75, 3.05) is 0 Å². The molecule has 2 aromatic heterocycles. The highest BCUT2D eigenvalue weighted by atomic mass is 14.8. The second-order valence-corrected chi connectivity index (χ2v) is 8.68. The zero-order valence-electron chi connectivity index (χ0n) is 15.3. The third kappa shape index (κ3) is 2.39. The molecule has 0 amide bonds. The Morgan fingerprint density at radius 3 is 2.62 bits per heavy atom. The van der Waals surface area contributed by atoms with Crippen LogP contribution in [0, 0.1) is 17.3 Å². The van der Waals surface area contributed by atoms with E-state index < -0.39 is 0 Å². The van der Waals surface area contributed by atoms with Crippen molar-refractivity contribution in [2.45, 2.75) is 58.8 Å². The summed E-state index contributed by atoms with van der Waals surface area (Å²) in [6.07, 6.45) is 5.77. The number of hydrogen-bond acceptors (Lipinski definition) is 2. The minimum atomic E-state index is 0.433. The minimum absolute atomic E-state index is 0.433. The molecule has 126 valence electrons. The molecule has 0 aromatic carbocycles. The van der Waals surface area contributed by atoms with Crippen LogP contribution in [0.3, 0.4) is 0 Å². The van der Waals surface area contributed by atoms with Crippen molar-refractivity contribution < 1.29 is 0 Å². The van der Waals surface area contributed by atoms with E-state index in [-0.39, 0.29) is 0 Å². The van der Waals surface area contributed by atoms with Gasteiger partial charge in [0.2, 0.25) is 0 Å². The van der Waals surface area contributed by atoms with Gasteiger partial charge in [-0.25, -0.2) is 0 Å². The van der Waals surface area contributed by atoms with E-state index in [0.717, 1.165) is 23.2 Å². The molecule has 3 atom stereocenters. The molecule has 2 heterocycles. The Morgan fingerprint density at radius 1 is 1.12 bits per heavy atom. The highest BCUT2D eigenvalue weighted by Gasteiger charge is 2.57. The first-order chi connectivity index (χ1) is 11.5. The highest BCUT2D eigenvalue weighted by Crippen LogP contribution is 2.67. The van der Waals surface area contributed by atoms with Gasteiger partial charge in [-0.3, -0.25) is 9.97 Å². The second-order valence-electron chi connectivity index (χ2n) is 8.68. The molecule has 2 aromatic rings. The van der Waals surface area contributed by atoms with Crippen LogP contribution in [0.5, 0.6) is 0 Å². The molecule has 2 nitrogen and oxygen atoms in total. The van der Waals surface area contributed by atoms with Crippen molar-refractivity contribution in [3.05, 3.63) is 47.8 Å². The third-order valence-electron chi connectivity index (χ3n) is 6.50. The van der Waals surface area contributed by atoms with Crippen LogP contribution in [-0.2, 0) is 0 Å². The molecule has 0 radical (unpaired) electrons. The number of pyridine rings is 2. The summed E-state index contributed by atoms with van der Waals surface area (Å²) in [4.78, 5) is 9.62. The lowest BCUT2D eigenvalue weighted by molar-refractivity contribution is -0.0109. The summed E-state index contributed by atoms with van der Waals surface area (Å²) < 4.78 is 0. The molecule has 0 spiro atoms. The summed E-state index contributed by atoms with van der Waals surface area (Å²) >= 11 is 0. The first-order valence-electron chi connectivity index (χ1n) is 9.40. The van der Waals surface area contributed by atoms with Gasteiger partial charge in [0, 0.05) is 17.8 Å². The van der Waals surface area contributed by atoms with Crippen molar-refractivity contribution >= 4 is 0 Å². The van der Waals surface area contributed by atoms with Crippen LogP contribution in [0.1, 0.15) is 70.1 Å². The fourth-order valence-electron chi connectivity index (χ4n) is 4.95. The smallest absolute Gasteiger partial charge is 0.0889 e. The van der Waals surface area contributed by atoms with Gasteiger partial charge < -0.3 is 0 Å². The van der Waals surface area contributed by atoms with Crippen LogP contribution in [0.4, 0.5) is 0 Å². The Bertz CT molecular complexity index is 733. The maximum Gasteiger partial charge on any atom is 0.0889 e. The van der Waals surface area contributed by atoms with Crippen LogP contribution >= 0.6 is 0 Å². The third-order valence-corrected chi connectivity index (χ3v) is 6.50. The Balaban J connectivity index is 1.75. The van der Waals surface area contributed by atoms with Gasteiger partial charge in [-0.15, -0.1) is 0 Å². The van der Waals surface area contributed by atoms with Crippen LogP contribution in [0.15, 0.2) is 36.5 Å². The molecule has 1 fully saturated rings. The van der Waals surface area contributed by atoms with E-state index in [1.807, 2.05) is 18.3 Å². The summed E-state index contributed by atoms with van der Waals surface area (Å²) in [5, 5.41) is 0. The molecule has 0 aliphatic heterocycles. The molecule has 0 saturated heterocycles. The van der Waals surface area contributed by atoms with E-state index >= 15 is 0 Å². The molecule has 3 aliphatic rings. The standard InChI is InChI=1S/C22H28N2/c1-14(2)8-9-15-17-13-18(22(17,3)4)16-10-11-20(24-21(15)16)19-7-5-6-12-23-19/h5-7,10-12,14-15,17-18H,8-9,13H2,1-4H3/t15-,17+,18-/m0/s1. The SMILES string of the molecule is CC(C)CC[C@@H]1c2nc(-c3ccccn3)ccc2[C@@H]2C[C@H]1C2(C)C. The highest BCUT2D eigenvalue weighted by molar-refractivity contribution is 5.56. The van der Waals surface area contributed by atoms with Crippen LogP contribution < -0.4 is 0 Å². The molecular formula is C22H28N2. The van der Waals surface area contributed by atoms with Gasteiger partial charge in [0.25, 0.3) is 0 Å². The van der Waals surface area contributed by atoms with Gasteiger partial charge in [-0.1, -0.05) is 46.2 Å². The van der Waals surface area contributed by atoms with Crippen LogP contribution in [-0.4, -0.2) is 9.97 Å². The largest absolute Gasteiger partial charge is 0.255 e. The first-order valence-corrected chi connectivity index (χ1v) is 9.40. The lowest BCUT2D eigenvalue weighted by Crippen LogP contribution is -2.50. The number of aromatic nitrogens is 2. The minimum Gasteiger partial charge on any atom is -0.255 e. The van der Waals surface area contributed by atoms with Crippen LogP contribution in [0.25, 0.3) is 11.4 Å². The summed E-state index contributed by atoms with van der Waals surface area (Å²) in [6, 6.07) is 10.6. The molecule has 5 rings (SSSR count). The van der Waals surface area contributed by atoms with Crippen molar-refractivity contribution in [1.29, 1.82) is 0 Å². The van der Waals surface area contributed by atoms with Gasteiger partial charge in [0.1, 0.15) is 0 Å². The van der Waals surface area contributed by atoms with Crippen molar-refractivity contribution in [2.24, 2.45) is 17.3 Å². The maximum absolute atomic E-state index is 5.13. The van der Waals surface area contributed by atoms with Crippen LogP contribution in [0.2, 0.25) is 0 Å². The maximum atomic E-state index is 5.13. The molecular weight excluding hydrogens is 292 g/mol. The number of rotatable bonds is 4. The van der Waals surface area contributed by atoms with Gasteiger partial charge in [0.15, 0.2) is 0 Å². The summed E-state index contributed by atoms with van der Waals surface area (Å²) in [5.74, 6) is 2.86. The molecule has 1 saturated carbocycles. The van der Waals surface area contributed by atoms with E-state index in [4.69, 9.17) is 4.98 Å². The average molecular weight is 320 g/mol. The number of hydrogen-bond donors (Lipinski definition) is 0. The predicted octanol–water partition coefficient (Wildman–Crippen LogP) is 5.81. The van der Waals surface area contributed by atoms with E-state index in [2.05, 4.69) is 50.9 Å². The lowest BCUT2D eigenvalue weighted by atomic mass is 9.44. The molecule has 0 unspecified atom stereocenters. The lowest BCUT2D eigenvalue weighted by Gasteiger charge is -2.60. The molecule has 24 heavy (non-hydrogen) atoms. The van der Waals surface area contributed by atoms with Crippen molar-refractivity contribution in [3.8, 4) is 11.4 Å². The Kier molecular flexibility index (Phi) is 3.74. The van der Waals surface area contributed by atoms with Gasteiger partial charge >= 0.3 is 0 Å². The van der Waals surface area contributed by atoms with E-state index in [9.17, 15) is 0 Å². The van der Waals surface area contributed by atoms with Crippen molar-refractivity contribution in [1.82, 2.24) is 9.97 Å². The average Bonchev–Trinajstić information content (AvgIpc) is 2.59. The fourth-order valence-corrected chi connectivity index (χ4v) is 4.95. The summed E-state index contributed by atoms with van der Waals surface area (Å²) in [5.41, 5.74) is 5.34. The van der Waals surface area contributed by atoms with Crippen molar-refractivity contribution in [3.63, 3.8) is 0 Å². The molecule has 0 N–H and O–H groups in total. The van der Waals surface area contributed by atoms with E-state index in [1.54, 1.807) is 0 Å². The molecule has 2 bridgehead atoms. The first kappa shape index (κ1) is 15.8. The van der Waals surface area contributed by atoms with E-state index in [0.29, 0.717) is 17.3 Å². The molecule has 2 heteroatoms. The molecule has 3 aliphatic carbocycles. The normalized spacial score (nSPS) is 26.8. The topological polar surface area (TPSA) is 25.8 Å². The van der Waals surface area contributed by atoms with Gasteiger partial charge in [0.05, 0.1) is 11.4 Å². The predicted molar refractivity (Wildman–Crippen MR) is 98.9 cm³/mol. The second kappa shape index (κ2) is 5.68. The Morgan fingerprint density at radius 2 is 1.96 bits per heavy atom. The Labute approximate surface area is 145 Å². The van der Waals surface area contributed by atoms with E-state index in [1.165, 1.54) is 30.5 Å². The van der Waals surface area contributed by atoms with Gasteiger partial charge in [-0.05, 0) is 59.8 Å². The fraction of sp³-hybridized carbons (Fsp3) is 0.545. The summed E-state index contributed by atoms with van der Waals surface area (Å²) in [6.45, 7) is 9.58. The zero-order chi connectivity index (χ0) is 16.9. The zero-order valence-corrected chi connectivity index (χ0v) is 15.3.